The normalized spacial score (nSPS) is 10.7. The van der Waals surface area contributed by atoms with E-state index in [4.69, 9.17) is 16.7 Å². The van der Waals surface area contributed by atoms with Gasteiger partial charge in [0.25, 0.3) is 0 Å². The Bertz CT molecular complexity index is 306. The molecule has 0 saturated heterocycles. The van der Waals surface area contributed by atoms with Crippen LogP contribution in [0.25, 0.3) is 0 Å². The second-order valence-electron chi connectivity index (χ2n) is 2.70. The van der Waals surface area contributed by atoms with Crippen LogP contribution in [0.4, 0.5) is 0 Å². The summed E-state index contributed by atoms with van der Waals surface area (Å²) in [5, 5.41) is 12.8. The van der Waals surface area contributed by atoms with Crippen LogP contribution in [0.15, 0.2) is 6.07 Å². The molecule has 0 bridgehead atoms. The molecule has 66 valence electrons. The number of hydrogen-bond donors (Lipinski definition) is 1. The summed E-state index contributed by atoms with van der Waals surface area (Å²) >= 11 is 5.56. The molecule has 4 nitrogen and oxygen atoms in total. The highest BCUT2D eigenvalue weighted by Crippen LogP contribution is 2.14. The van der Waals surface area contributed by atoms with Gasteiger partial charge >= 0.3 is 5.97 Å². The molecule has 1 heterocycles. The molecule has 0 aliphatic carbocycles. The van der Waals surface area contributed by atoms with Crippen LogP contribution < -0.4 is 0 Å². The van der Waals surface area contributed by atoms with Gasteiger partial charge in [-0.2, -0.15) is 5.10 Å². The fraction of sp³-hybridized carbons (Fsp3) is 0.429. The van der Waals surface area contributed by atoms with Gasteiger partial charge in [0, 0.05) is 12.1 Å². The lowest BCUT2D eigenvalue weighted by Gasteiger charge is -2.06. The predicted molar refractivity (Wildman–Crippen MR) is 44.6 cm³/mol. The summed E-state index contributed by atoms with van der Waals surface area (Å²) in [7, 11) is 0. The highest BCUT2D eigenvalue weighted by atomic mass is 35.5. The minimum atomic E-state index is -1.01. The van der Waals surface area contributed by atoms with Crippen molar-refractivity contribution in [1.82, 2.24) is 9.78 Å². The van der Waals surface area contributed by atoms with Gasteiger partial charge in [0.1, 0.15) is 5.69 Å². The highest BCUT2D eigenvalue weighted by Gasteiger charge is 2.14. The van der Waals surface area contributed by atoms with Crippen molar-refractivity contribution < 1.29 is 9.90 Å². The molecule has 1 aromatic heterocycles. The zero-order chi connectivity index (χ0) is 9.30. The van der Waals surface area contributed by atoms with E-state index in [9.17, 15) is 4.79 Å². The summed E-state index contributed by atoms with van der Waals surface area (Å²) in [4.78, 5) is 10.6. The molecule has 0 unspecified atom stereocenters. The summed E-state index contributed by atoms with van der Waals surface area (Å²) in [6.45, 7) is 3.69. The number of hydrogen-bond acceptors (Lipinski definition) is 2. The maximum absolute atomic E-state index is 10.6. The summed E-state index contributed by atoms with van der Waals surface area (Å²) in [5.41, 5.74) is 0.120. The minimum Gasteiger partial charge on any atom is -0.477 e. The highest BCUT2D eigenvalue weighted by molar-refractivity contribution is 6.29. The number of aromatic nitrogens is 2. The predicted octanol–water partition coefficient (Wildman–Crippen LogP) is 1.82. The van der Waals surface area contributed by atoms with E-state index < -0.39 is 5.97 Å². The molecule has 0 amide bonds. The van der Waals surface area contributed by atoms with Gasteiger partial charge in [-0.1, -0.05) is 11.6 Å². The fourth-order valence-electron chi connectivity index (χ4n) is 0.918. The second kappa shape index (κ2) is 3.15. The molecule has 1 aromatic rings. The molecule has 0 fully saturated rings. The number of halogens is 1. The molecular formula is C7H9ClN2O2. The number of carboxylic acid groups (broad SMARTS) is 1. The number of carbonyl (C=O) groups is 1. The maximum atomic E-state index is 10.6. The standard InChI is InChI=1S/C7H9ClN2O2/c1-4(2)10-5(7(11)12)3-6(8)9-10/h3-4H,1-2H3,(H,11,12). The SMILES string of the molecule is CC(C)n1nc(Cl)cc1C(=O)O. The van der Waals surface area contributed by atoms with Gasteiger partial charge in [0.05, 0.1) is 0 Å². The van der Waals surface area contributed by atoms with E-state index in [1.165, 1.54) is 10.7 Å². The van der Waals surface area contributed by atoms with Gasteiger partial charge in [-0.25, -0.2) is 4.79 Å². The van der Waals surface area contributed by atoms with Gasteiger partial charge in [-0.05, 0) is 13.8 Å². The van der Waals surface area contributed by atoms with Crippen molar-refractivity contribution in [3.8, 4) is 0 Å². The van der Waals surface area contributed by atoms with Crippen molar-refractivity contribution in [2.24, 2.45) is 0 Å². The number of carboxylic acids is 1. The smallest absolute Gasteiger partial charge is 0.354 e. The maximum Gasteiger partial charge on any atom is 0.354 e. The monoisotopic (exact) mass is 188 g/mol. The Kier molecular flexibility index (Phi) is 2.38. The topological polar surface area (TPSA) is 55.1 Å². The number of aromatic carboxylic acids is 1. The molecule has 0 radical (unpaired) electrons. The second-order valence-corrected chi connectivity index (χ2v) is 3.08. The molecule has 0 saturated carbocycles. The van der Waals surface area contributed by atoms with Crippen molar-refractivity contribution in [1.29, 1.82) is 0 Å². The molecule has 0 atom stereocenters. The van der Waals surface area contributed by atoms with Crippen LogP contribution in [0.3, 0.4) is 0 Å². The van der Waals surface area contributed by atoms with E-state index in [0.717, 1.165) is 0 Å². The van der Waals surface area contributed by atoms with E-state index in [1.807, 2.05) is 13.8 Å². The van der Waals surface area contributed by atoms with Crippen molar-refractivity contribution in [2.75, 3.05) is 0 Å². The van der Waals surface area contributed by atoms with Crippen LogP contribution in [-0.2, 0) is 0 Å². The molecule has 1 rings (SSSR count). The Morgan fingerprint density at radius 3 is 2.67 bits per heavy atom. The summed E-state index contributed by atoms with van der Waals surface area (Å²) in [6.07, 6.45) is 0. The molecule has 0 aliphatic heterocycles. The lowest BCUT2D eigenvalue weighted by Crippen LogP contribution is -2.11. The summed E-state index contributed by atoms with van der Waals surface area (Å²) in [5.74, 6) is -1.01. The molecule has 0 aromatic carbocycles. The summed E-state index contributed by atoms with van der Waals surface area (Å²) < 4.78 is 1.38. The van der Waals surface area contributed by atoms with Crippen molar-refractivity contribution in [3.63, 3.8) is 0 Å². The third-order valence-corrected chi connectivity index (χ3v) is 1.60. The number of rotatable bonds is 2. The summed E-state index contributed by atoms with van der Waals surface area (Å²) in [6, 6.07) is 1.34. The molecule has 5 heteroatoms. The van der Waals surface area contributed by atoms with Crippen molar-refractivity contribution >= 4 is 17.6 Å². The Balaban J connectivity index is 3.17. The van der Waals surface area contributed by atoms with Gasteiger partial charge in [-0.15, -0.1) is 0 Å². The van der Waals surface area contributed by atoms with Gasteiger partial charge in [-0.3, -0.25) is 4.68 Å². The van der Waals surface area contributed by atoms with E-state index >= 15 is 0 Å². The zero-order valence-corrected chi connectivity index (χ0v) is 7.54. The van der Waals surface area contributed by atoms with Crippen LogP contribution in [0.2, 0.25) is 5.15 Å². The Morgan fingerprint density at radius 1 is 1.75 bits per heavy atom. The molecular weight excluding hydrogens is 180 g/mol. The first kappa shape index (κ1) is 9.06. The van der Waals surface area contributed by atoms with E-state index in [2.05, 4.69) is 5.10 Å². The van der Waals surface area contributed by atoms with Gasteiger partial charge in [0.2, 0.25) is 0 Å². The van der Waals surface area contributed by atoms with Crippen LogP contribution in [-0.4, -0.2) is 20.9 Å². The van der Waals surface area contributed by atoms with Gasteiger partial charge in [0.15, 0.2) is 5.15 Å². The Labute approximate surface area is 74.8 Å². The Hall–Kier alpha value is -1.03. The molecule has 0 aliphatic rings. The van der Waals surface area contributed by atoms with Crippen LogP contribution >= 0.6 is 11.6 Å². The van der Waals surface area contributed by atoms with Gasteiger partial charge < -0.3 is 5.11 Å². The van der Waals surface area contributed by atoms with Crippen molar-refractivity contribution in [3.05, 3.63) is 16.9 Å². The van der Waals surface area contributed by atoms with E-state index in [1.54, 1.807) is 0 Å². The lowest BCUT2D eigenvalue weighted by atomic mass is 10.3. The lowest BCUT2D eigenvalue weighted by molar-refractivity contribution is 0.0681. The molecule has 1 N–H and O–H groups in total. The first-order valence-corrected chi connectivity index (χ1v) is 3.88. The number of nitrogens with zero attached hydrogens (tertiary/aromatic N) is 2. The van der Waals surface area contributed by atoms with E-state index in [0.29, 0.717) is 0 Å². The van der Waals surface area contributed by atoms with Crippen LogP contribution in [0, 0.1) is 0 Å². The van der Waals surface area contributed by atoms with E-state index in [-0.39, 0.29) is 16.9 Å². The molecule has 12 heavy (non-hydrogen) atoms. The quantitative estimate of drug-likeness (QED) is 0.770. The fourth-order valence-corrected chi connectivity index (χ4v) is 1.10. The van der Waals surface area contributed by atoms with Crippen molar-refractivity contribution in [2.45, 2.75) is 19.9 Å². The zero-order valence-electron chi connectivity index (χ0n) is 6.78. The largest absolute Gasteiger partial charge is 0.477 e. The first-order valence-electron chi connectivity index (χ1n) is 3.50. The average molecular weight is 189 g/mol. The van der Waals surface area contributed by atoms with Crippen LogP contribution in [0.5, 0.6) is 0 Å². The minimum absolute atomic E-state index is 0.00333. The first-order chi connectivity index (χ1) is 5.52. The third kappa shape index (κ3) is 1.58. The Morgan fingerprint density at radius 2 is 2.33 bits per heavy atom. The molecule has 0 spiro atoms. The van der Waals surface area contributed by atoms with Crippen LogP contribution in [0.1, 0.15) is 30.4 Å². The third-order valence-electron chi connectivity index (χ3n) is 1.41. The average Bonchev–Trinajstić information content (AvgIpc) is 2.31.